The molecule has 0 radical (unpaired) electrons. The molecule has 2 rings (SSSR count). The van der Waals surface area contributed by atoms with E-state index in [-0.39, 0.29) is 17.8 Å². The second-order valence-electron chi connectivity index (χ2n) is 5.24. The summed E-state index contributed by atoms with van der Waals surface area (Å²) in [5.41, 5.74) is 1.10. The topological polar surface area (TPSA) is 98.5 Å². The number of ether oxygens (including phenoxy) is 1. The van der Waals surface area contributed by atoms with Crippen LogP contribution in [-0.2, 0) is 20.7 Å². The molecule has 0 fully saturated rings. The Hall–Kier alpha value is -2.93. The number of esters is 1. The van der Waals surface area contributed by atoms with Gasteiger partial charge in [-0.3, -0.25) is 19.7 Å². The van der Waals surface area contributed by atoms with E-state index in [0.717, 1.165) is 0 Å². The highest BCUT2D eigenvalue weighted by Gasteiger charge is 2.18. The van der Waals surface area contributed by atoms with Crippen LogP contribution in [0.4, 0.5) is 11.4 Å². The number of nitro groups is 1. The summed E-state index contributed by atoms with van der Waals surface area (Å²) >= 11 is 5.76. The molecule has 0 saturated carbocycles. The first-order chi connectivity index (χ1) is 11.9. The van der Waals surface area contributed by atoms with Gasteiger partial charge in [-0.2, -0.15) is 0 Å². The maximum Gasteiger partial charge on any atom is 0.310 e. The van der Waals surface area contributed by atoms with Crippen LogP contribution in [-0.4, -0.2) is 23.4 Å². The van der Waals surface area contributed by atoms with Crippen molar-refractivity contribution < 1.29 is 19.2 Å². The summed E-state index contributed by atoms with van der Waals surface area (Å²) in [4.78, 5) is 34.1. The van der Waals surface area contributed by atoms with Gasteiger partial charge < -0.3 is 10.1 Å². The molecular weight excluding hydrogens is 348 g/mol. The largest absolute Gasteiger partial charge is 0.455 e. The van der Waals surface area contributed by atoms with Gasteiger partial charge in [-0.1, -0.05) is 35.9 Å². The van der Waals surface area contributed by atoms with Gasteiger partial charge in [-0.15, -0.1) is 0 Å². The molecule has 0 aliphatic rings. The van der Waals surface area contributed by atoms with E-state index in [4.69, 9.17) is 16.3 Å². The average Bonchev–Trinajstić information content (AvgIpc) is 2.56. The van der Waals surface area contributed by atoms with Gasteiger partial charge in [0.25, 0.3) is 11.6 Å². The highest BCUT2D eigenvalue weighted by atomic mass is 35.5. The zero-order valence-corrected chi connectivity index (χ0v) is 14.1. The number of hydrogen-bond donors (Lipinski definition) is 1. The van der Waals surface area contributed by atoms with Crippen molar-refractivity contribution in [3.63, 3.8) is 0 Å². The summed E-state index contributed by atoms with van der Waals surface area (Å²) in [5.74, 6) is -1.24. The van der Waals surface area contributed by atoms with E-state index in [2.05, 4.69) is 5.32 Å². The van der Waals surface area contributed by atoms with Crippen molar-refractivity contribution >= 4 is 34.9 Å². The number of nitrogens with one attached hydrogen (secondary N) is 1. The first kappa shape index (κ1) is 18.4. The minimum Gasteiger partial charge on any atom is -0.455 e. The summed E-state index contributed by atoms with van der Waals surface area (Å²) in [6.45, 7) is 1.10. The van der Waals surface area contributed by atoms with Crippen LogP contribution in [0.25, 0.3) is 0 Å². The number of anilines is 1. The van der Waals surface area contributed by atoms with Gasteiger partial charge in [0.2, 0.25) is 0 Å². The lowest BCUT2D eigenvalue weighted by Crippen LogP contribution is -2.22. The molecule has 2 aromatic carbocycles. The molecule has 0 bridgehead atoms. The molecule has 0 atom stereocenters. The third kappa shape index (κ3) is 5.29. The van der Waals surface area contributed by atoms with E-state index >= 15 is 0 Å². The highest BCUT2D eigenvalue weighted by Crippen LogP contribution is 2.27. The number of carbonyl (C=O) groups excluding carboxylic acids is 2. The number of halogens is 1. The Bertz CT molecular complexity index is 805. The SMILES string of the molecule is Cc1cccc([N+](=O)[O-])c1NC(=O)COC(=O)Cc1ccc(Cl)cc1. The van der Waals surface area contributed by atoms with E-state index in [1.165, 1.54) is 12.1 Å². The lowest BCUT2D eigenvalue weighted by molar-refractivity contribution is -0.384. The van der Waals surface area contributed by atoms with Gasteiger partial charge in [0, 0.05) is 11.1 Å². The van der Waals surface area contributed by atoms with Crippen molar-refractivity contribution in [2.24, 2.45) is 0 Å². The maximum absolute atomic E-state index is 11.9. The Morgan fingerprint density at radius 3 is 2.52 bits per heavy atom. The second kappa shape index (κ2) is 8.25. The van der Waals surface area contributed by atoms with Gasteiger partial charge in [-0.25, -0.2) is 0 Å². The number of nitro benzene ring substituents is 1. The molecule has 8 heteroatoms. The van der Waals surface area contributed by atoms with E-state index in [1.807, 2.05) is 0 Å². The molecule has 2 aromatic rings. The fourth-order valence-corrected chi connectivity index (χ4v) is 2.23. The van der Waals surface area contributed by atoms with Crippen LogP contribution < -0.4 is 5.32 Å². The van der Waals surface area contributed by atoms with Crippen LogP contribution in [0, 0.1) is 17.0 Å². The summed E-state index contributed by atoms with van der Waals surface area (Å²) in [6.07, 6.45) is -0.00500. The maximum atomic E-state index is 11.9. The number of hydrogen-bond acceptors (Lipinski definition) is 5. The van der Waals surface area contributed by atoms with Crippen molar-refractivity contribution in [1.29, 1.82) is 0 Å². The molecule has 0 aliphatic heterocycles. The number of rotatable bonds is 6. The van der Waals surface area contributed by atoms with Crippen LogP contribution in [0.3, 0.4) is 0 Å². The van der Waals surface area contributed by atoms with Crippen LogP contribution in [0.2, 0.25) is 5.02 Å². The summed E-state index contributed by atoms with van der Waals surface area (Å²) in [7, 11) is 0. The van der Waals surface area contributed by atoms with Crippen LogP contribution in [0.1, 0.15) is 11.1 Å². The third-order valence-corrected chi connectivity index (χ3v) is 3.59. The van der Waals surface area contributed by atoms with E-state index in [0.29, 0.717) is 16.1 Å². The first-order valence-corrected chi connectivity index (χ1v) is 7.68. The Morgan fingerprint density at radius 1 is 1.20 bits per heavy atom. The number of carbonyl (C=O) groups is 2. The fraction of sp³-hybridized carbons (Fsp3) is 0.176. The van der Waals surface area contributed by atoms with Gasteiger partial charge in [-0.05, 0) is 30.2 Å². The third-order valence-electron chi connectivity index (χ3n) is 3.34. The predicted molar refractivity (Wildman–Crippen MR) is 92.6 cm³/mol. The van der Waals surface area contributed by atoms with Gasteiger partial charge >= 0.3 is 5.97 Å². The highest BCUT2D eigenvalue weighted by molar-refractivity contribution is 6.30. The van der Waals surface area contributed by atoms with Crippen molar-refractivity contribution in [1.82, 2.24) is 0 Å². The quantitative estimate of drug-likeness (QED) is 0.483. The fourth-order valence-electron chi connectivity index (χ4n) is 2.11. The lowest BCUT2D eigenvalue weighted by atomic mass is 10.1. The van der Waals surface area contributed by atoms with E-state index in [9.17, 15) is 19.7 Å². The molecule has 0 aliphatic carbocycles. The van der Waals surface area contributed by atoms with Crippen LogP contribution >= 0.6 is 11.6 Å². The number of benzene rings is 2. The zero-order chi connectivity index (χ0) is 18.4. The number of para-hydroxylation sites is 1. The average molecular weight is 363 g/mol. The molecule has 130 valence electrons. The van der Waals surface area contributed by atoms with Crippen LogP contribution in [0.15, 0.2) is 42.5 Å². The summed E-state index contributed by atoms with van der Waals surface area (Å²) in [5, 5.41) is 14.0. The Morgan fingerprint density at radius 2 is 1.88 bits per heavy atom. The van der Waals surface area contributed by atoms with Crippen LogP contribution in [0.5, 0.6) is 0 Å². The van der Waals surface area contributed by atoms with Crippen molar-refractivity contribution in [2.45, 2.75) is 13.3 Å². The Kier molecular flexibility index (Phi) is 6.08. The van der Waals surface area contributed by atoms with Gasteiger partial charge in [0.1, 0.15) is 5.69 Å². The molecule has 0 heterocycles. The lowest BCUT2D eigenvalue weighted by Gasteiger charge is -2.09. The van der Waals surface area contributed by atoms with E-state index < -0.39 is 23.4 Å². The summed E-state index contributed by atoms with van der Waals surface area (Å²) < 4.78 is 4.90. The summed E-state index contributed by atoms with van der Waals surface area (Å²) in [6, 6.07) is 11.1. The number of aryl methyl sites for hydroxylation is 1. The molecule has 0 saturated heterocycles. The molecule has 1 amide bonds. The van der Waals surface area contributed by atoms with E-state index in [1.54, 1.807) is 37.3 Å². The molecule has 7 nitrogen and oxygen atoms in total. The molecular formula is C17H15ClN2O5. The molecule has 0 unspecified atom stereocenters. The predicted octanol–water partition coefficient (Wildman–Crippen LogP) is 3.28. The molecule has 1 N–H and O–H groups in total. The molecule has 0 spiro atoms. The zero-order valence-electron chi connectivity index (χ0n) is 13.3. The van der Waals surface area contributed by atoms with Crippen molar-refractivity contribution in [3.8, 4) is 0 Å². The Labute approximate surface area is 148 Å². The van der Waals surface area contributed by atoms with Gasteiger partial charge in [0.15, 0.2) is 6.61 Å². The normalized spacial score (nSPS) is 10.2. The Balaban J connectivity index is 1.92. The smallest absolute Gasteiger partial charge is 0.310 e. The minimum atomic E-state index is -0.651. The second-order valence-corrected chi connectivity index (χ2v) is 5.67. The van der Waals surface area contributed by atoms with Crippen molar-refractivity contribution in [2.75, 3.05) is 11.9 Å². The first-order valence-electron chi connectivity index (χ1n) is 7.30. The van der Waals surface area contributed by atoms with Gasteiger partial charge in [0.05, 0.1) is 11.3 Å². The molecule has 25 heavy (non-hydrogen) atoms. The standard InChI is InChI=1S/C17H15ClN2O5/c1-11-3-2-4-14(20(23)24)17(11)19-15(21)10-25-16(22)9-12-5-7-13(18)8-6-12/h2-8H,9-10H2,1H3,(H,19,21). The number of nitrogens with zero attached hydrogens (tertiary/aromatic N) is 1. The number of amides is 1. The molecule has 0 aromatic heterocycles. The van der Waals surface area contributed by atoms with Crippen molar-refractivity contribution in [3.05, 3.63) is 68.7 Å². The monoisotopic (exact) mass is 362 g/mol. The minimum absolute atomic E-state index is 0.00500.